The van der Waals surface area contributed by atoms with Gasteiger partial charge in [-0.2, -0.15) is 18.3 Å². The van der Waals surface area contributed by atoms with E-state index >= 15 is 0 Å². The van der Waals surface area contributed by atoms with Crippen molar-refractivity contribution >= 4 is 5.91 Å². The largest absolute Gasteiger partial charge is 0.497 e. The zero-order chi connectivity index (χ0) is 23.4. The fourth-order valence-electron chi connectivity index (χ4n) is 3.36. The highest BCUT2D eigenvalue weighted by atomic mass is 19.4. The highest BCUT2D eigenvalue weighted by molar-refractivity contribution is 5.94. The van der Waals surface area contributed by atoms with Gasteiger partial charge in [0.15, 0.2) is 0 Å². The lowest BCUT2D eigenvalue weighted by atomic mass is 10.1. The molecule has 1 heterocycles. The second-order valence-corrected chi connectivity index (χ2v) is 7.27. The topological polar surface area (TPSA) is 56.1 Å². The smallest absolute Gasteiger partial charge is 0.416 e. The van der Waals surface area contributed by atoms with Crippen LogP contribution < -0.4 is 10.1 Å². The minimum Gasteiger partial charge on any atom is -0.497 e. The number of carbonyl (C=O) groups excluding carboxylic acids is 1. The predicted molar refractivity (Wildman–Crippen MR) is 118 cm³/mol. The number of amides is 1. The molecular weight excluding hydrogens is 431 g/mol. The molecule has 5 nitrogen and oxygen atoms in total. The van der Waals surface area contributed by atoms with Crippen LogP contribution in [0.15, 0.2) is 84.9 Å². The van der Waals surface area contributed by atoms with Crippen molar-refractivity contribution in [3.63, 3.8) is 0 Å². The lowest BCUT2D eigenvalue weighted by molar-refractivity contribution is -0.137. The number of carbonyl (C=O) groups is 1. The number of para-hydroxylation sites is 1. The van der Waals surface area contributed by atoms with Crippen molar-refractivity contribution in [3.05, 3.63) is 102 Å². The lowest BCUT2D eigenvalue weighted by Crippen LogP contribution is -2.25. The van der Waals surface area contributed by atoms with E-state index in [-0.39, 0.29) is 12.2 Å². The maximum absolute atomic E-state index is 13.0. The molecule has 8 heteroatoms. The molecule has 0 unspecified atom stereocenters. The van der Waals surface area contributed by atoms with Gasteiger partial charge in [0, 0.05) is 12.1 Å². The molecule has 1 aromatic heterocycles. The van der Waals surface area contributed by atoms with E-state index in [1.807, 2.05) is 48.5 Å². The van der Waals surface area contributed by atoms with Gasteiger partial charge in [0.25, 0.3) is 5.91 Å². The van der Waals surface area contributed by atoms with Gasteiger partial charge in [-0.05, 0) is 48.0 Å². The van der Waals surface area contributed by atoms with Gasteiger partial charge >= 0.3 is 6.18 Å². The molecule has 0 aliphatic carbocycles. The Balaban J connectivity index is 1.64. The Bertz CT molecular complexity index is 1270. The highest BCUT2D eigenvalue weighted by Crippen LogP contribution is 2.29. The van der Waals surface area contributed by atoms with Gasteiger partial charge in [0.05, 0.1) is 24.1 Å². The molecule has 168 valence electrons. The van der Waals surface area contributed by atoms with Crippen molar-refractivity contribution in [2.24, 2.45) is 0 Å². The summed E-state index contributed by atoms with van der Waals surface area (Å²) in [5, 5.41) is 7.30. The van der Waals surface area contributed by atoms with Crippen LogP contribution >= 0.6 is 0 Å². The van der Waals surface area contributed by atoms with Gasteiger partial charge in [-0.15, -0.1) is 0 Å². The van der Waals surface area contributed by atoms with E-state index in [4.69, 9.17) is 4.74 Å². The third kappa shape index (κ3) is 5.06. The molecule has 0 fully saturated rings. The van der Waals surface area contributed by atoms with Gasteiger partial charge in [-0.25, -0.2) is 4.68 Å². The first-order valence-electron chi connectivity index (χ1n) is 10.1. The second kappa shape index (κ2) is 9.20. The first-order valence-corrected chi connectivity index (χ1v) is 10.1. The molecular formula is C25H20F3N3O2. The summed E-state index contributed by atoms with van der Waals surface area (Å²) in [6.07, 6.45) is -4.45. The van der Waals surface area contributed by atoms with Crippen LogP contribution in [-0.2, 0) is 12.7 Å². The van der Waals surface area contributed by atoms with Crippen LogP contribution in [0.1, 0.15) is 21.6 Å². The Labute approximate surface area is 188 Å². The molecule has 0 radical (unpaired) electrons. The average Bonchev–Trinajstić information content (AvgIpc) is 3.28. The summed E-state index contributed by atoms with van der Waals surface area (Å²) in [5.74, 6) is 0.190. The minimum atomic E-state index is -4.45. The first kappa shape index (κ1) is 22.1. The molecule has 1 N–H and O–H groups in total. The number of alkyl halides is 3. The van der Waals surface area contributed by atoms with E-state index in [1.165, 1.54) is 16.8 Å². The fraction of sp³-hybridized carbons (Fsp3) is 0.120. The molecule has 0 saturated carbocycles. The number of halogens is 3. The second-order valence-electron chi connectivity index (χ2n) is 7.27. The summed E-state index contributed by atoms with van der Waals surface area (Å²) in [4.78, 5) is 13.0. The standard InChI is InChI=1S/C25H20F3N3O2/c1-33-21-12-6-8-18(14-21)22-15-23(31(30-22)20-10-3-2-4-11-20)24(32)29-16-17-7-5-9-19(13-17)25(26,27)28/h2-15H,16H2,1H3,(H,29,32). The van der Waals surface area contributed by atoms with Gasteiger partial charge < -0.3 is 10.1 Å². The van der Waals surface area contributed by atoms with Crippen LogP contribution in [0.3, 0.4) is 0 Å². The van der Waals surface area contributed by atoms with Crippen molar-refractivity contribution in [2.45, 2.75) is 12.7 Å². The number of nitrogens with one attached hydrogen (secondary N) is 1. The third-order valence-corrected chi connectivity index (χ3v) is 5.02. The van der Waals surface area contributed by atoms with Crippen LogP contribution in [0, 0.1) is 0 Å². The zero-order valence-corrected chi connectivity index (χ0v) is 17.6. The van der Waals surface area contributed by atoms with Crippen LogP contribution in [0.2, 0.25) is 0 Å². The predicted octanol–water partition coefficient (Wildman–Crippen LogP) is 5.50. The van der Waals surface area contributed by atoms with E-state index in [2.05, 4.69) is 10.4 Å². The van der Waals surface area contributed by atoms with Gasteiger partial charge in [-0.3, -0.25) is 4.79 Å². The summed E-state index contributed by atoms with van der Waals surface area (Å²) in [6, 6.07) is 22.9. The number of hydrogen-bond acceptors (Lipinski definition) is 3. The summed E-state index contributed by atoms with van der Waals surface area (Å²) in [7, 11) is 1.56. The molecule has 33 heavy (non-hydrogen) atoms. The van der Waals surface area contributed by atoms with E-state index in [0.717, 1.165) is 17.7 Å². The fourth-order valence-corrected chi connectivity index (χ4v) is 3.36. The van der Waals surface area contributed by atoms with Crippen molar-refractivity contribution in [1.29, 1.82) is 0 Å². The Morgan fingerprint density at radius 1 is 0.970 bits per heavy atom. The summed E-state index contributed by atoms with van der Waals surface area (Å²) in [6.45, 7) is -0.0583. The van der Waals surface area contributed by atoms with E-state index in [9.17, 15) is 18.0 Å². The van der Waals surface area contributed by atoms with E-state index in [1.54, 1.807) is 19.2 Å². The van der Waals surface area contributed by atoms with Crippen molar-refractivity contribution < 1.29 is 22.7 Å². The number of methoxy groups -OCH3 is 1. The minimum absolute atomic E-state index is 0.0583. The molecule has 3 aromatic carbocycles. The molecule has 4 rings (SSSR count). The molecule has 0 spiro atoms. The Kier molecular flexibility index (Phi) is 6.17. The maximum Gasteiger partial charge on any atom is 0.416 e. The number of ether oxygens (including phenoxy) is 1. The van der Waals surface area contributed by atoms with Gasteiger partial charge in [-0.1, -0.05) is 42.5 Å². The van der Waals surface area contributed by atoms with Gasteiger partial charge in [0.2, 0.25) is 0 Å². The van der Waals surface area contributed by atoms with Crippen LogP contribution in [0.25, 0.3) is 16.9 Å². The molecule has 0 atom stereocenters. The molecule has 0 saturated heterocycles. The molecule has 0 aliphatic heterocycles. The number of rotatable bonds is 6. The Hall–Kier alpha value is -4.07. The summed E-state index contributed by atoms with van der Waals surface area (Å²) in [5.41, 5.74) is 1.83. The Morgan fingerprint density at radius 2 is 1.73 bits per heavy atom. The normalized spacial score (nSPS) is 11.3. The van der Waals surface area contributed by atoms with Crippen molar-refractivity contribution in [3.8, 4) is 22.7 Å². The van der Waals surface area contributed by atoms with E-state index < -0.39 is 17.6 Å². The highest BCUT2D eigenvalue weighted by Gasteiger charge is 2.30. The maximum atomic E-state index is 13.0. The van der Waals surface area contributed by atoms with E-state index in [0.29, 0.717) is 22.7 Å². The SMILES string of the molecule is COc1cccc(-c2cc(C(=O)NCc3cccc(C(F)(F)F)c3)n(-c3ccccc3)n2)c1. The number of aromatic nitrogens is 2. The summed E-state index contributed by atoms with van der Waals surface area (Å²) >= 11 is 0. The zero-order valence-electron chi connectivity index (χ0n) is 17.6. The van der Waals surface area contributed by atoms with Gasteiger partial charge in [0.1, 0.15) is 11.4 Å². The average molecular weight is 451 g/mol. The number of benzene rings is 3. The molecule has 1 amide bonds. The van der Waals surface area contributed by atoms with Crippen LogP contribution in [0.4, 0.5) is 13.2 Å². The quantitative estimate of drug-likeness (QED) is 0.421. The van der Waals surface area contributed by atoms with Crippen LogP contribution in [0.5, 0.6) is 5.75 Å². The lowest BCUT2D eigenvalue weighted by Gasteiger charge is -2.10. The Morgan fingerprint density at radius 3 is 2.45 bits per heavy atom. The molecule has 0 aliphatic rings. The molecule has 0 bridgehead atoms. The number of hydrogen-bond donors (Lipinski definition) is 1. The van der Waals surface area contributed by atoms with Crippen molar-refractivity contribution in [2.75, 3.05) is 7.11 Å². The first-order chi connectivity index (χ1) is 15.8. The van der Waals surface area contributed by atoms with Crippen molar-refractivity contribution in [1.82, 2.24) is 15.1 Å². The van der Waals surface area contributed by atoms with Crippen LogP contribution in [-0.4, -0.2) is 22.8 Å². The number of nitrogens with zero attached hydrogens (tertiary/aromatic N) is 2. The summed E-state index contributed by atoms with van der Waals surface area (Å²) < 4.78 is 45.7. The third-order valence-electron chi connectivity index (χ3n) is 5.02. The monoisotopic (exact) mass is 451 g/mol. The molecule has 4 aromatic rings.